The van der Waals surface area contributed by atoms with E-state index >= 15 is 0 Å². The van der Waals surface area contributed by atoms with Crippen LogP contribution in [0.4, 0.5) is 8.78 Å². The SMILES string of the molecule is CC(F)(F)c1ncc(C(=O)NC(/C=C/S(C)(=O)=NC2CCOC2)C2CC2)c(Oc2ccccc2)n1. The fourth-order valence-corrected chi connectivity index (χ4v) is 4.88. The molecule has 4 rings (SSSR count). The van der Waals surface area contributed by atoms with Crippen molar-refractivity contribution in [1.82, 2.24) is 15.3 Å². The Balaban J connectivity index is 1.56. The van der Waals surface area contributed by atoms with Gasteiger partial charge in [-0.05, 0) is 37.3 Å². The molecule has 1 N–H and O–H groups in total. The summed E-state index contributed by atoms with van der Waals surface area (Å²) in [6.07, 6.45) is 6.83. The van der Waals surface area contributed by atoms with Gasteiger partial charge in [-0.25, -0.2) is 13.6 Å². The Morgan fingerprint density at radius 3 is 2.69 bits per heavy atom. The third-order valence-corrected chi connectivity index (χ3v) is 6.96. The molecule has 35 heavy (non-hydrogen) atoms. The number of ether oxygens (including phenoxy) is 2. The lowest BCUT2D eigenvalue weighted by molar-refractivity contribution is 0.00707. The average molecular weight is 507 g/mol. The molecule has 11 heteroatoms. The monoisotopic (exact) mass is 506 g/mol. The maximum absolute atomic E-state index is 13.9. The molecule has 2 aliphatic rings. The molecule has 1 saturated heterocycles. The maximum atomic E-state index is 13.9. The predicted octanol–water partition coefficient (Wildman–Crippen LogP) is 4.29. The number of amides is 1. The normalized spacial score (nSPS) is 20.9. The highest BCUT2D eigenvalue weighted by Gasteiger charge is 2.34. The number of nitrogens with zero attached hydrogens (tertiary/aromatic N) is 3. The van der Waals surface area contributed by atoms with Crippen LogP contribution in [0.2, 0.25) is 0 Å². The molecule has 0 radical (unpaired) electrons. The van der Waals surface area contributed by atoms with Crippen molar-refractivity contribution in [3.05, 3.63) is 59.4 Å². The molecule has 1 aromatic heterocycles. The lowest BCUT2D eigenvalue weighted by Gasteiger charge is -2.17. The zero-order valence-corrected chi connectivity index (χ0v) is 20.3. The molecule has 3 unspecified atom stereocenters. The van der Waals surface area contributed by atoms with E-state index in [2.05, 4.69) is 19.6 Å². The molecule has 188 valence electrons. The van der Waals surface area contributed by atoms with Crippen molar-refractivity contribution < 1.29 is 27.3 Å². The Labute approximate surface area is 203 Å². The number of para-hydroxylation sites is 1. The van der Waals surface area contributed by atoms with Gasteiger partial charge in [-0.1, -0.05) is 24.3 Å². The summed E-state index contributed by atoms with van der Waals surface area (Å²) in [5.41, 5.74) is -0.0778. The topological polar surface area (TPSA) is 103 Å². The number of benzene rings is 1. The van der Waals surface area contributed by atoms with Crippen LogP contribution in [0.3, 0.4) is 0 Å². The van der Waals surface area contributed by atoms with Crippen LogP contribution in [-0.2, 0) is 20.4 Å². The molecular formula is C24H28F2N4O4S. The van der Waals surface area contributed by atoms with E-state index < -0.39 is 33.4 Å². The van der Waals surface area contributed by atoms with E-state index in [-0.39, 0.29) is 23.4 Å². The fraction of sp³-hybridized carbons (Fsp3) is 0.458. The molecule has 1 aliphatic heterocycles. The van der Waals surface area contributed by atoms with Crippen molar-refractivity contribution in [2.45, 2.75) is 44.2 Å². The summed E-state index contributed by atoms with van der Waals surface area (Å²) in [4.78, 5) is 20.7. The number of hydrogen-bond donors (Lipinski definition) is 1. The van der Waals surface area contributed by atoms with Crippen molar-refractivity contribution >= 4 is 15.6 Å². The molecule has 1 aromatic carbocycles. The standard InChI is InChI=1S/C24H28F2N4O4S/c1-24(25,26)23-27-14-19(22(29-23)34-18-6-4-3-5-7-18)21(31)28-20(16-8-9-16)11-13-35(2,32)30-17-10-12-33-15-17/h3-7,11,13-14,16-17,20H,8-10,12,15H2,1-2H3,(H,28,31)/b13-11+. The van der Waals surface area contributed by atoms with Crippen LogP contribution in [0, 0.1) is 5.92 Å². The second-order valence-corrected chi connectivity index (χ2v) is 11.1. The largest absolute Gasteiger partial charge is 0.438 e. The number of halogens is 2. The van der Waals surface area contributed by atoms with Gasteiger partial charge in [-0.3, -0.25) is 4.79 Å². The van der Waals surface area contributed by atoms with Crippen LogP contribution < -0.4 is 10.1 Å². The van der Waals surface area contributed by atoms with Crippen LogP contribution in [0.25, 0.3) is 0 Å². The Kier molecular flexibility index (Phi) is 7.46. The van der Waals surface area contributed by atoms with Crippen LogP contribution in [0.5, 0.6) is 11.6 Å². The van der Waals surface area contributed by atoms with E-state index in [1.807, 2.05) is 0 Å². The van der Waals surface area contributed by atoms with Gasteiger partial charge in [0, 0.05) is 31.4 Å². The molecule has 3 atom stereocenters. The van der Waals surface area contributed by atoms with E-state index in [0.29, 0.717) is 25.9 Å². The van der Waals surface area contributed by atoms with Crippen molar-refractivity contribution in [3.8, 4) is 11.6 Å². The van der Waals surface area contributed by atoms with Gasteiger partial charge < -0.3 is 14.8 Å². The Hall–Kier alpha value is -2.92. The summed E-state index contributed by atoms with van der Waals surface area (Å²) in [6.45, 7) is 1.73. The van der Waals surface area contributed by atoms with Crippen LogP contribution in [0.1, 0.15) is 42.4 Å². The van der Waals surface area contributed by atoms with E-state index in [1.165, 1.54) is 5.41 Å². The van der Waals surface area contributed by atoms with Crippen LogP contribution in [0.15, 0.2) is 52.4 Å². The van der Waals surface area contributed by atoms with Crippen LogP contribution in [-0.4, -0.2) is 51.6 Å². The third kappa shape index (κ3) is 7.04. The van der Waals surface area contributed by atoms with Crippen LogP contribution >= 0.6 is 0 Å². The van der Waals surface area contributed by atoms with Crippen molar-refractivity contribution in [1.29, 1.82) is 0 Å². The Morgan fingerprint density at radius 2 is 2.06 bits per heavy atom. The van der Waals surface area contributed by atoms with Crippen molar-refractivity contribution in [2.75, 3.05) is 19.5 Å². The molecule has 0 bridgehead atoms. The first kappa shape index (κ1) is 25.2. The molecule has 1 amide bonds. The van der Waals surface area contributed by atoms with E-state index in [4.69, 9.17) is 9.47 Å². The average Bonchev–Trinajstić information content (AvgIpc) is 3.53. The summed E-state index contributed by atoms with van der Waals surface area (Å²) in [6, 6.07) is 7.94. The summed E-state index contributed by atoms with van der Waals surface area (Å²) >= 11 is 0. The second kappa shape index (κ2) is 10.4. The minimum atomic E-state index is -3.31. The molecule has 1 saturated carbocycles. The van der Waals surface area contributed by atoms with Gasteiger partial charge in [0.1, 0.15) is 11.3 Å². The van der Waals surface area contributed by atoms with Gasteiger partial charge in [-0.2, -0.15) is 13.8 Å². The Bertz CT molecular complexity index is 1200. The first-order chi connectivity index (χ1) is 16.6. The minimum Gasteiger partial charge on any atom is -0.438 e. The lowest BCUT2D eigenvalue weighted by Crippen LogP contribution is -2.35. The molecule has 1 aliphatic carbocycles. The highest BCUT2D eigenvalue weighted by atomic mass is 32.2. The maximum Gasteiger partial charge on any atom is 0.303 e. The number of nitrogens with one attached hydrogen (secondary N) is 1. The number of rotatable bonds is 9. The van der Waals surface area contributed by atoms with E-state index in [1.54, 1.807) is 42.7 Å². The molecule has 2 fully saturated rings. The van der Waals surface area contributed by atoms with Gasteiger partial charge >= 0.3 is 5.92 Å². The number of aromatic nitrogens is 2. The van der Waals surface area contributed by atoms with E-state index in [0.717, 1.165) is 25.5 Å². The number of carbonyl (C=O) groups is 1. The summed E-state index contributed by atoms with van der Waals surface area (Å²) in [5, 5.41) is 4.42. The zero-order valence-electron chi connectivity index (χ0n) is 19.5. The first-order valence-corrected chi connectivity index (χ1v) is 13.4. The van der Waals surface area contributed by atoms with Gasteiger partial charge in [0.2, 0.25) is 11.7 Å². The predicted molar refractivity (Wildman–Crippen MR) is 127 cm³/mol. The Morgan fingerprint density at radius 1 is 1.31 bits per heavy atom. The molecule has 8 nitrogen and oxygen atoms in total. The van der Waals surface area contributed by atoms with Gasteiger partial charge in [-0.15, -0.1) is 0 Å². The zero-order chi connectivity index (χ0) is 25.1. The molecular weight excluding hydrogens is 478 g/mol. The van der Waals surface area contributed by atoms with Gasteiger partial charge in [0.25, 0.3) is 5.91 Å². The highest BCUT2D eigenvalue weighted by molar-refractivity contribution is 7.95. The number of alkyl halides is 2. The summed E-state index contributed by atoms with van der Waals surface area (Å²) in [7, 11) is -2.61. The summed E-state index contributed by atoms with van der Waals surface area (Å²) in [5.74, 6) is -4.38. The van der Waals surface area contributed by atoms with Crippen molar-refractivity contribution in [3.63, 3.8) is 0 Å². The number of carbonyl (C=O) groups excluding carboxylic acids is 1. The van der Waals surface area contributed by atoms with Crippen molar-refractivity contribution in [2.24, 2.45) is 10.3 Å². The lowest BCUT2D eigenvalue weighted by atomic mass is 10.1. The quantitative estimate of drug-likeness (QED) is 0.544. The third-order valence-electron chi connectivity index (χ3n) is 5.58. The fourth-order valence-electron chi connectivity index (χ4n) is 3.59. The van der Waals surface area contributed by atoms with Gasteiger partial charge in [0.05, 0.1) is 28.4 Å². The van der Waals surface area contributed by atoms with E-state index in [9.17, 15) is 17.8 Å². The molecule has 0 spiro atoms. The highest BCUT2D eigenvalue weighted by Crippen LogP contribution is 2.34. The molecule has 2 aromatic rings. The first-order valence-electron chi connectivity index (χ1n) is 11.4. The molecule has 2 heterocycles. The number of hydrogen-bond acceptors (Lipinski definition) is 7. The second-order valence-electron chi connectivity index (χ2n) is 8.87. The summed E-state index contributed by atoms with van der Waals surface area (Å²) < 4.78 is 56.0. The smallest absolute Gasteiger partial charge is 0.303 e. The van der Waals surface area contributed by atoms with Gasteiger partial charge in [0.15, 0.2) is 0 Å². The minimum absolute atomic E-state index is 0.0778.